The van der Waals surface area contributed by atoms with Crippen LogP contribution in [0.15, 0.2) is 146 Å². The molecule has 0 bridgehead atoms. The van der Waals surface area contributed by atoms with Crippen LogP contribution in [0.25, 0.3) is 0 Å². The summed E-state index contributed by atoms with van der Waals surface area (Å²) in [5, 5.41) is 0. The molecule has 0 aliphatic rings. The smallest absolute Gasteiger partial charge is 0.306 e. The highest BCUT2D eigenvalue weighted by Gasteiger charge is 2.19. The van der Waals surface area contributed by atoms with E-state index >= 15 is 0 Å². The van der Waals surface area contributed by atoms with Crippen LogP contribution in [0.4, 0.5) is 0 Å². The van der Waals surface area contributed by atoms with Gasteiger partial charge in [0.1, 0.15) is 13.2 Å². The SMILES string of the molecule is CC/C=C\C/C=C\C/C=C\C/C=C\C/C=C\C/C=C\C/C=C\CCCCCCCCCCCCCC(=O)OCC(COC(=O)CCCCCCC/C=C\C/C=C\CCCC)OC(=O)CCCCCCCCC/C=C\C/C=C\C/C=C\CC. The zero-order valence-corrected chi connectivity index (χ0v) is 53.2. The molecule has 6 heteroatoms. The average Bonchev–Trinajstić information content (AvgIpc) is 3.47. The number of carbonyl (C=O) groups is 3. The Labute approximate surface area is 506 Å². The van der Waals surface area contributed by atoms with Gasteiger partial charge in [0.25, 0.3) is 0 Å². The summed E-state index contributed by atoms with van der Waals surface area (Å²) in [4.78, 5) is 38.4. The van der Waals surface area contributed by atoms with Crippen LogP contribution < -0.4 is 0 Å². The van der Waals surface area contributed by atoms with Crippen molar-refractivity contribution in [3.8, 4) is 0 Å². The minimum absolute atomic E-state index is 0.0915. The number of ether oxygens (including phenoxy) is 3. The lowest BCUT2D eigenvalue weighted by Gasteiger charge is -2.18. The Morgan fingerprint density at radius 2 is 0.476 bits per heavy atom. The van der Waals surface area contributed by atoms with Gasteiger partial charge in [-0.25, -0.2) is 0 Å². The fourth-order valence-corrected chi connectivity index (χ4v) is 9.04. The number of hydrogen-bond acceptors (Lipinski definition) is 6. The van der Waals surface area contributed by atoms with E-state index in [-0.39, 0.29) is 31.1 Å². The highest BCUT2D eigenvalue weighted by atomic mass is 16.6. The molecule has 0 aliphatic carbocycles. The Hall–Kier alpha value is -4.71. The predicted molar refractivity (Wildman–Crippen MR) is 357 cm³/mol. The molecular weight excluding hydrogens is 1010 g/mol. The summed E-state index contributed by atoms with van der Waals surface area (Å²) < 4.78 is 16.9. The topological polar surface area (TPSA) is 78.9 Å². The molecule has 0 radical (unpaired) electrons. The highest BCUT2D eigenvalue weighted by molar-refractivity contribution is 5.71. The maximum absolute atomic E-state index is 12.9. The zero-order chi connectivity index (χ0) is 59.2. The summed E-state index contributed by atoms with van der Waals surface area (Å²) in [7, 11) is 0. The monoisotopic (exact) mass is 1130 g/mol. The fraction of sp³-hybridized carbons (Fsp3) is 0.645. The zero-order valence-electron chi connectivity index (χ0n) is 53.2. The molecule has 1 atom stereocenters. The molecule has 0 aromatic heterocycles. The van der Waals surface area contributed by atoms with Gasteiger partial charge in [-0.05, 0) is 135 Å². The lowest BCUT2D eigenvalue weighted by atomic mass is 10.0. The molecule has 464 valence electrons. The second-order valence-electron chi connectivity index (χ2n) is 22.0. The van der Waals surface area contributed by atoms with E-state index in [4.69, 9.17) is 14.2 Å². The number of unbranched alkanes of at least 4 members (excludes halogenated alkanes) is 25. The molecule has 82 heavy (non-hydrogen) atoms. The number of carbonyl (C=O) groups excluding carboxylic acids is 3. The van der Waals surface area contributed by atoms with Gasteiger partial charge in [-0.2, -0.15) is 0 Å². The molecule has 0 N–H and O–H groups in total. The molecule has 0 aromatic carbocycles. The van der Waals surface area contributed by atoms with E-state index in [0.717, 1.165) is 154 Å². The quantitative estimate of drug-likeness (QED) is 0.0261. The fourth-order valence-electron chi connectivity index (χ4n) is 9.04. The van der Waals surface area contributed by atoms with Crippen LogP contribution in [0.1, 0.15) is 297 Å². The first-order valence-corrected chi connectivity index (χ1v) is 33.8. The highest BCUT2D eigenvalue weighted by Crippen LogP contribution is 2.16. The van der Waals surface area contributed by atoms with Gasteiger partial charge in [0.2, 0.25) is 0 Å². The van der Waals surface area contributed by atoms with Crippen molar-refractivity contribution in [2.45, 2.75) is 303 Å². The van der Waals surface area contributed by atoms with Gasteiger partial charge in [-0.3, -0.25) is 14.4 Å². The van der Waals surface area contributed by atoms with E-state index in [2.05, 4.69) is 167 Å². The van der Waals surface area contributed by atoms with Crippen LogP contribution in [0.2, 0.25) is 0 Å². The van der Waals surface area contributed by atoms with Gasteiger partial charge < -0.3 is 14.2 Å². The van der Waals surface area contributed by atoms with E-state index in [1.807, 2.05) is 0 Å². The normalized spacial score (nSPS) is 13.1. The van der Waals surface area contributed by atoms with Crippen molar-refractivity contribution in [1.82, 2.24) is 0 Å². The minimum atomic E-state index is -0.797. The Morgan fingerprint density at radius 1 is 0.256 bits per heavy atom. The van der Waals surface area contributed by atoms with Gasteiger partial charge in [0.05, 0.1) is 0 Å². The van der Waals surface area contributed by atoms with Crippen molar-refractivity contribution in [3.63, 3.8) is 0 Å². The molecule has 0 spiro atoms. The van der Waals surface area contributed by atoms with Crippen LogP contribution >= 0.6 is 0 Å². The number of rotatable bonds is 60. The van der Waals surface area contributed by atoms with Gasteiger partial charge in [0.15, 0.2) is 6.10 Å². The van der Waals surface area contributed by atoms with E-state index in [9.17, 15) is 14.4 Å². The first kappa shape index (κ1) is 77.3. The standard InChI is InChI=1S/C76H124O6/c1-4-7-10-13-16-19-22-25-28-30-31-32-33-34-35-36-37-38-39-40-41-42-43-44-45-47-48-51-54-57-60-63-66-69-75(78)81-72-73(71-80-74(77)68-65-62-59-56-53-50-27-24-21-18-15-12-9-6-3)82-76(79)70-67-64-61-58-55-52-49-46-29-26-23-20-17-14-11-8-5-2/h7-8,10-11,15-20,24-29,31-32,34-35,37-38,40-41,73H,4-6,9,12-14,21-23,30,33,36,39,42-72H2,1-3H3/b10-7-,11-8-,18-15-,19-16-,20-17-,27-24-,28-25-,29-26-,32-31-,35-34-,38-37-,41-40-. The first-order chi connectivity index (χ1) is 40.5. The van der Waals surface area contributed by atoms with Gasteiger partial charge >= 0.3 is 17.9 Å². The second kappa shape index (κ2) is 68.8. The van der Waals surface area contributed by atoms with Crippen LogP contribution in [0, 0.1) is 0 Å². The number of hydrogen-bond donors (Lipinski definition) is 0. The molecule has 0 fully saturated rings. The van der Waals surface area contributed by atoms with Crippen LogP contribution in [-0.4, -0.2) is 37.2 Å². The molecule has 1 unspecified atom stereocenters. The summed E-state index contributed by atoms with van der Waals surface area (Å²) in [5.41, 5.74) is 0. The maximum atomic E-state index is 12.9. The molecule has 0 amide bonds. The number of esters is 3. The largest absolute Gasteiger partial charge is 0.462 e. The molecule has 0 aliphatic heterocycles. The Morgan fingerprint density at radius 3 is 0.744 bits per heavy atom. The third-order valence-electron chi connectivity index (χ3n) is 14.1. The van der Waals surface area contributed by atoms with Crippen LogP contribution in [0.5, 0.6) is 0 Å². The third kappa shape index (κ3) is 66.1. The van der Waals surface area contributed by atoms with Crippen molar-refractivity contribution in [2.75, 3.05) is 13.2 Å². The van der Waals surface area contributed by atoms with Crippen molar-refractivity contribution in [3.05, 3.63) is 146 Å². The first-order valence-electron chi connectivity index (χ1n) is 33.8. The summed E-state index contributed by atoms with van der Waals surface area (Å²) in [6.07, 6.45) is 98.6. The van der Waals surface area contributed by atoms with Crippen molar-refractivity contribution >= 4 is 17.9 Å². The minimum Gasteiger partial charge on any atom is -0.462 e. The molecular formula is C76H124O6. The third-order valence-corrected chi connectivity index (χ3v) is 14.1. The van der Waals surface area contributed by atoms with Crippen LogP contribution in [-0.2, 0) is 28.6 Å². The average molecular weight is 1130 g/mol. The molecule has 0 heterocycles. The van der Waals surface area contributed by atoms with Crippen LogP contribution in [0.3, 0.4) is 0 Å². The summed E-state index contributed by atoms with van der Waals surface area (Å²) in [6.45, 7) is 6.36. The van der Waals surface area contributed by atoms with E-state index < -0.39 is 6.10 Å². The van der Waals surface area contributed by atoms with E-state index in [0.29, 0.717) is 19.3 Å². The summed E-state index contributed by atoms with van der Waals surface area (Å²) in [5.74, 6) is -0.915. The predicted octanol–water partition coefficient (Wildman–Crippen LogP) is 23.5. The lowest BCUT2D eigenvalue weighted by Crippen LogP contribution is -2.30. The molecule has 0 saturated carbocycles. The maximum Gasteiger partial charge on any atom is 0.306 e. The Bertz CT molecular complexity index is 1780. The molecule has 6 nitrogen and oxygen atoms in total. The Kier molecular flexibility index (Phi) is 64.8. The van der Waals surface area contributed by atoms with Gasteiger partial charge in [0, 0.05) is 19.3 Å². The van der Waals surface area contributed by atoms with Crippen molar-refractivity contribution in [2.24, 2.45) is 0 Å². The summed E-state index contributed by atoms with van der Waals surface area (Å²) in [6, 6.07) is 0. The molecule has 0 aromatic rings. The molecule has 0 saturated heterocycles. The Balaban J connectivity index is 4.28. The van der Waals surface area contributed by atoms with E-state index in [1.165, 1.54) is 103 Å². The summed E-state index contributed by atoms with van der Waals surface area (Å²) >= 11 is 0. The molecule has 0 rings (SSSR count). The second-order valence-corrected chi connectivity index (χ2v) is 22.0. The van der Waals surface area contributed by atoms with Crippen molar-refractivity contribution < 1.29 is 28.6 Å². The van der Waals surface area contributed by atoms with Crippen molar-refractivity contribution in [1.29, 1.82) is 0 Å². The number of allylic oxidation sites excluding steroid dienone is 24. The van der Waals surface area contributed by atoms with Gasteiger partial charge in [-0.1, -0.05) is 289 Å². The van der Waals surface area contributed by atoms with Gasteiger partial charge in [-0.15, -0.1) is 0 Å². The lowest BCUT2D eigenvalue weighted by molar-refractivity contribution is -0.167. The van der Waals surface area contributed by atoms with E-state index in [1.54, 1.807) is 0 Å².